The number of carbonyl (C=O) groups is 1. The Morgan fingerprint density at radius 2 is 2.56 bits per heavy atom. The van der Waals surface area contributed by atoms with E-state index in [-0.39, 0.29) is 11.9 Å². The molecule has 1 heterocycles. The van der Waals surface area contributed by atoms with Crippen LogP contribution >= 0.6 is 0 Å². The van der Waals surface area contributed by atoms with Gasteiger partial charge in [-0.05, 0) is 12.8 Å². The molecule has 0 saturated carbocycles. The minimum absolute atomic E-state index is 0.0463. The van der Waals surface area contributed by atoms with Crippen molar-refractivity contribution in [3.8, 4) is 0 Å². The summed E-state index contributed by atoms with van der Waals surface area (Å²) >= 11 is 0. The van der Waals surface area contributed by atoms with Crippen LogP contribution < -0.4 is 10.6 Å². The minimum atomic E-state index is -0.0463. The van der Waals surface area contributed by atoms with E-state index in [1.165, 1.54) is 0 Å². The largest absolute Gasteiger partial charge is 0.358 e. The Hall–Kier alpha value is -0.570. The lowest BCUT2D eigenvalue weighted by molar-refractivity contribution is -0.122. The predicted molar refractivity (Wildman–Crippen MR) is 34.1 cm³/mol. The fourth-order valence-electron chi connectivity index (χ4n) is 1.00. The molecule has 1 aliphatic heterocycles. The number of carbonyl (C=O) groups excluding carboxylic acids is 1. The second kappa shape index (κ2) is 2.82. The molecule has 1 fully saturated rings. The molecule has 1 unspecified atom stereocenters. The van der Waals surface area contributed by atoms with Crippen molar-refractivity contribution in [1.29, 1.82) is 0 Å². The van der Waals surface area contributed by atoms with E-state index in [0.717, 1.165) is 19.4 Å². The molecule has 9 heavy (non-hydrogen) atoms. The van der Waals surface area contributed by atoms with E-state index in [1.54, 1.807) is 7.05 Å². The summed E-state index contributed by atoms with van der Waals surface area (Å²) < 4.78 is 0. The molecule has 0 aromatic carbocycles. The van der Waals surface area contributed by atoms with Crippen molar-refractivity contribution in [2.75, 3.05) is 13.6 Å². The minimum Gasteiger partial charge on any atom is -0.358 e. The second-order valence-electron chi connectivity index (χ2n) is 2.18. The fourth-order valence-corrected chi connectivity index (χ4v) is 1.00. The van der Waals surface area contributed by atoms with E-state index in [4.69, 9.17) is 0 Å². The maximum Gasteiger partial charge on any atom is 0.238 e. The maximum absolute atomic E-state index is 10.8. The Balaban J connectivity index is 2.32. The van der Waals surface area contributed by atoms with Gasteiger partial charge in [0, 0.05) is 13.6 Å². The molecule has 3 heteroatoms. The lowest BCUT2D eigenvalue weighted by atomic mass is 10.2. The van der Waals surface area contributed by atoms with E-state index >= 15 is 0 Å². The molecule has 1 radical (unpaired) electrons. The average Bonchev–Trinajstić information content (AvgIpc) is 2.37. The van der Waals surface area contributed by atoms with Crippen LogP contribution in [-0.4, -0.2) is 25.5 Å². The van der Waals surface area contributed by atoms with Crippen molar-refractivity contribution in [3.63, 3.8) is 0 Å². The predicted octanol–water partition coefficient (Wildman–Crippen LogP) is -0.501. The van der Waals surface area contributed by atoms with Crippen LogP contribution in [0, 0.1) is 0 Å². The smallest absolute Gasteiger partial charge is 0.238 e. The third-order valence-corrected chi connectivity index (χ3v) is 1.53. The molecular formula is C6H11N2O. The maximum atomic E-state index is 10.8. The van der Waals surface area contributed by atoms with Crippen LogP contribution in [0.4, 0.5) is 0 Å². The molecule has 0 spiro atoms. The first-order valence-electron chi connectivity index (χ1n) is 3.23. The van der Waals surface area contributed by atoms with Gasteiger partial charge >= 0.3 is 0 Å². The summed E-state index contributed by atoms with van der Waals surface area (Å²) in [6.07, 6.45) is 2.00. The molecular weight excluding hydrogens is 116 g/mol. The highest BCUT2D eigenvalue weighted by atomic mass is 16.2. The summed E-state index contributed by atoms with van der Waals surface area (Å²) in [7, 11) is 1.65. The van der Waals surface area contributed by atoms with Gasteiger partial charge in [-0.1, -0.05) is 0 Å². The van der Waals surface area contributed by atoms with E-state index in [1.807, 2.05) is 0 Å². The van der Waals surface area contributed by atoms with Crippen molar-refractivity contribution in [2.45, 2.75) is 18.9 Å². The summed E-state index contributed by atoms with van der Waals surface area (Å²) in [6, 6.07) is -0.0463. The first-order valence-corrected chi connectivity index (χ1v) is 3.23. The quantitative estimate of drug-likeness (QED) is 0.507. The second-order valence-corrected chi connectivity index (χ2v) is 2.18. The van der Waals surface area contributed by atoms with Crippen molar-refractivity contribution in [2.24, 2.45) is 0 Å². The number of hydrogen-bond acceptors (Lipinski definition) is 1. The summed E-state index contributed by atoms with van der Waals surface area (Å²) in [6.45, 7) is 0.859. The van der Waals surface area contributed by atoms with Gasteiger partial charge in [0.15, 0.2) is 0 Å². The summed E-state index contributed by atoms with van der Waals surface area (Å²) in [5.41, 5.74) is 0. The molecule has 1 aliphatic rings. The van der Waals surface area contributed by atoms with Gasteiger partial charge in [-0.25, -0.2) is 5.32 Å². The summed E-state index contributed by atoms with van der Waals surface area (Å²) in [5.74, 6) is 0.0625. The van der Waals surface area contributed by atoms with Crippen LogP contribution in [0.2, 0.25) is 0 Å². The highest BCUT2D eigenvalue weighted by Crippen LogP contribution is 2.05. The van der Waals surface area contributed by atoms with Crippen molar-refractivity contribution >= 4 is 5.91 Å². The monoisotopic (exact) mass is 127 g/mol. The molecule has 1 rings (SSSR count). The van der Waals surface area contributed by atoms with Gasteiger partial charge in [0.2, 0.25) is 5.91 Å². The number of amides is 1. The molecule has 1 N–H and O–H groups in total. The Morgan fingerprint density at radius 1 is 1.78 bits per heavy atom. The zero-order valence-electron chi connectivity index (χ0n) is 5.55. The first kappa shape index (κ1) is 6.55. The van der Waals surface area contributed by atoms with Crippen molar-refractivity contribution in [1.82, 2.24) is 10.6 Å². The summed E-state index contributed by atoms with van der Waals surface area (Å²) in [4.78, 5) is 10.8. The first-order chi connectivity index (χ1) is 4.34. The van der Waals surface area contributed by atoms with Crippen molar-refractivity contribution in [3.05, 3.63) is 0 Å². The van der Waals surface area contributed by atoms with Crippen LogP contribution in [0.25, 0.3) is 0 Å². The lowest BCUT2D eigenvalue weighted by Gasteiger charge is -2.04. The van der Waals surface area contributed by atoms with E-state index in [0.29, 0.717) is 0 Å². The van der Waals surface area contributed by atoms with E-state index in [9.17, 15) is 4.79 Å². The van der Waals surface area contributed by atoms with Gasteiger partial charge in [0.25, 0.3) is 0 Å². The van der Waals surface area contributed by atoms with Gasteiger partial charge < -0.3 is 5.32 Å². The Labute approximate surface area is 54.8 Å². The van der Waals surface area contributed by atoms with Gasteiger partial charge in [-0.15, -0.1) is 0 Å². The van der Waals surface area contributed by atoms with Crippen LogP contribution in [0.1, 0.15) is 12.8 Å². The zero-order valence-corrected chi connectivity index (χ0v) is 5.55. The average molecular weight is 127 g/mol. The van der Waals surface area contributed by atoms with E-state index < -0.39 is 0 Å². The molecule has 0 bridgehead atoms. The van der Waals surface area contributed by atoms with E-state index in [2.05, 4.69) is 10.6 Å². The highest BCUT2D eigenvalue weighted by molar-refractivity contribution is 5.81. The van der Waals surface area contributed by atoms with Gasteiger partial charge in [-0.3, -0.25) is 4.79 Å². The lowest BCUT2D eigenvalue weighted by Crippen LogP contribution is -2.34. The number of nitrogens with zero attached hydrogens (tertiary/aromatic N) is 1. The topological polar surface area (TPSA) is 43.2 Å². The fraction of sp³-hybridized carbons (Fsp3) is 0.833. The molecule has 51 valence electrons. The summed E-state index contributed by atoms with van der Waals surface area (Å²) in [5, 5.41) is 6.67. The number of rotatable bonds is 1. The molecule has 1 atom stereocenters. The number of nitrogens with one attached hydrogen (secondary N) is 1. The molecule has 1 amide bonds. The standard InChI is InChI=1S/C6H11N2O/c1-7-6(9)5-3-2-4-8-5/h5H,2-4H2,1H3,(H,7,9). The third kappa shape index (κ3) is 1.42. The molecule has 0 aliphatic carbocycles. The SMILES string of the molecule is CNC(=O)C1CCC[N]1. The normalized spacial score (nSPS) is 26.1. The molecule has 0 aromatic rings. The number of likely N-dealkylation sites (N-methyl/N-ethyl adjacent to an activating group) is 1. The van der Waals surface area contributed by atoms with Crippen LogP contribution in [0.3, 0.4) is 0 Å². The Bertz CT molecular complexity index is 108. The Morgan fingerprint density at radius 3 is 3.00 bits per heavy atom. The van der Waals surface area contributed by atoms with Crippen LogP contribution in [0.15, 0.2) is 0 Å². The van der Waals surface area contributed by atoms with Crippen molar-refractivity contribution < 1.29 is 4.79 Å². The third-order valence-electron chi connectivity index (χ3n) is 1.53. The van der Waals surface area contributed by atoms with Crippen LogP contribution in [-0.2, 0) is 4.79 Å². The zero-order chi connectivity index (χ0) is 6.69. The van der Waals surface area contributed by atoms with Gasteiger partial charge in [0.1, 0.15) is 6.04 Å². The van der Waals surface area contributed by atoms with Crippen LogP contribution in [0.5, 0.6) is 0 Å². The van der Waals surface area contributed by atoms with Gasteiger partial charge in [-0.2, -0.15) is 0 Å². The highest BCUT2D eigenvalue weighted by Gasteiger charge is 2.21. The molecule has 1 saturated heterocycles. The number of hydrogen-bond donors (Lipinski definition) is 1. The molecule has 3 nitrogen and oxygen atoms in total. The van der Waals surface area contributed by atoms with Gasteiger partial charge in [0.05, 0.1) is 0 Å². The Kier molecular flexibility index (Phi) is 2.05. The molecule has 0 aromatic heterocycles.